The Hall–Kier alpha value is -2.27. The number of hydrogen-bond acceptors (Lipinski definition) is 6. The van der Waals surface area contributed by atoms with Crippen LogP contribution < -0.4 is 19.9 Å². The lowest BCUT2D eigenvalue weighted by molar-refractivity contribution is 0.311. The van der Waals surface area contributed by atoms with E-state index in [-0.39, 0.29) is 24.0 Å². The second kappa shape index (κ2) is 12.3. The number of nitrogens with zero attached hydrogens (tertiary/aromatic N) is 6. The molecule has 33 heavy (non-hydrogen) atoms. The van der Waals surface area contributed by atoms with E-state index in [1.54, 1.807) is 7.11 Å². The van der Waals surface area contributed by atoms with E-state index in [0.29, 0.717) is 0 Å². The second-order valence-corrected chi connectivity index (χ2v) is 8.32. The second-order valence-electron chi connectivity index (χ2n) is 8.32. The van der Waals surface area contributed by atoms with Crippen LogP contribution in [-0.4, -0.2) is 94.3 Å². The SMILES string of the molecule is CN=C(NCc1cccnc1N1CCN(C)CC1)N1CCN(c2ccccc2OC)CC1.I. The fourth-order valence-electron chi connectivity index (χ4n) is 4.43. The van der Waals surface area contributed by atoms with Crippen LogP contribution in [0.2, 0.25) is 0 Å². The van der Waals surface area contributed by atoms with Gasteiger partial charge in [0.05, 0.1) is 12.8 Å². The number of methoxy groups -OCH3 is 1. The van der Waals surface area contributed by atoms with Gasteiger partial charge in [-0.25, -0.2) is 4.98 Å². The third-order valence-electron chi connectivity index (χ3n) is 6.32. The van der Waals surface area contributed by atoms with E-state index >= 15 is 0 Å². The molecule has 0 atom stereocenters. The van der Waals surface area contributed by atoms with Crippen LogP contribution in [0.3, 0.4) is 0 Å². The minimum absolute atomic E-state index is 0. The lowest BCUT2D eigenvalue weighted by Crippen LogP contribution is -2.52. The topological polar surface area (TPSA) is 59.5 Å². The number of benzene rings is 1. The molecule has 0 radical (unpaired) electrons. The van der Waals surface area contributed by atoms with Crippen molar-refractivity contribution in [1.82, 2.24) is 20.1 Å². The van der Waals surface area contributed by atoms with Gasteiger partial charge < -0.3 is 29.7 Å². The number of rotatable bonds is 5. The van der Waals surface area contributed by atoms with E-state index in [1.165, 1.54) is 5.56 Å². The molecule has 0 saturated carbocycles. The summed E-state index contributed by atoms with van der Waals surface area (Å²) in [6.45, 7) is 8.57. The van der Waals surface area contributed by atoms with Crippen molar-refractivity contribution in [2.75, 3.05) is 83.4 Å². The zero-order valence-electron chi connectivity index (χ0n) is 19.9. The minimum atomic E-state index is 0. The molecule has 2 saturated heterocycles. The summed E-state index contributed by atoms with van der Waals surface area (Å²) in [5, 5.41) is 3.58. The molecule has 0 aliphatic carbocycles. The molecule has 0 unspecified atom stereocenters. The zero-order chi connectivity index (χ0) is 22.3. The third kappa shape index (κ3) is 6.20. The molecule has 3 heterocycles. The van der Waals surface area contributed by atoms with Crippen molar-refractivity contribution < 1.29 is 4.74 Å². The first-order chi connectivity index (χ1) is 15.7. The van der Waals surface area contributed by atoms with E-state index in [9.17, 15) is 0 Å². The van der Waals surface area contributed by atoms with E-state index in [2.05, 4.69) is 55.2 Å². The van der Waals surface area contributed by atoms with Crippen molar-refractivity contribution >= 4 is 41.4 Å². The quantitative estimate of drug-likeness (QED) is 0.340. The number of aromatic nitrogens is 1. The van der Waals surface area contributed by atoms with Gasteiger partial charge in [0.1, 0.15) is 11.6 Å². The molecule has 4 rings (SSSR count). The van der Waals surface area contributed by atoms with Crippen molar-refractivity contribution in [1.29, 1.82) is 0 Å². The standard InChI is InChI=1S/C24H35N7O.HI/c1-25-24(31-17-15-29(16-18-31)21-8-4-5-9-22(21)32-3)27-19-20-7-6-10-26-23(20)30-13-11-28(2)12-14-30;/h4-10H,11-19H2,1-3H3,(H,25,27);1H. The first-order valence-corrected chi connectivity index (χ1v) is 11.4. The number of ether oxygens (including phenoxy) is 1. The lowest BCUT2D eigenvalue weighted by atomic mass is 10.2. The summed E-state index contributed by atoms with van der Waals surface area (Å²) in [5.41, 5.74) is 2.37. The molecule has 0 amide bonds. The highest BCUT2D eigenvalue weighted by Gasteiger charge is 2.22. The predicted octanol–water partition coefficient (Wildman–Crippen LogP) is 2.36. The first-order valence-electron chi connectivity index (χ1n) is 11.4. The van der Waals surface area contributed by atoms with Crippen molar-refractivity contribution in [2.24, 2.45) is 4.99 Å². The van der Waals surface area contributed by atoms with Crippen LogP contribution in [0.25, 0.3) is 0 Å². The molecule has 0 bridgehead atoms. The number of piperazine rings is 2. The maximum absolute atomic E-state index is 5.54. The maximum Gasteiger partial charge on any atom is 0.194 e. The molecule has 1 aromatic heterocycles. The number of nitrogens with one attached hydrogen (secondary N) is 1. The summed E-state index contributed by atoms with van der Waals surface area (Å²) < 4.78 is 5.54. The molecule has 2 fully saturated rings. The van der Waals surface area contributed by atoms with Crippen molar-refractivity contribution in [3.63, 3.8) is 0 Å². The number of guanidine groups is 1. The van der Waals surface area contributed by atoms with Gasteiger partial charge in [-0.05, 0) is 25.2 Å². The molecule has 1 aromatic carbocycles. The summed E-state index contributed by atoms with van der Waals surface area (Å²) in [5.74, 6) is 2.96. The average molecular weight is 566 g/mol. The summed E-state index contributed by atoms with van der Waals surface area (Å²) in [6.07, 6.45) is 1.89. The summed E-state index contributed by atoms with van der Waals surface area (Å²) >= 11 is 0. The Morgan fingerprint density at radius 3 is 2.36 bits per heavy atom. The molecule has 9 heteroatoms. The molecule has 2 aromatic rings. The average Bonchev–Trinajstić information content (AvgIpc) is 2.85. The van der Waals surface area contributed by atoms with Crippen molar-refractivity contribution in [2.45, 2.75) is 6.54 Å². The Kier molecular flexibility index (Phi) is 9.42. The monoisotopic (exact) mass is 565 g/mol. The summed E-state index contributed by atoms with van der Waals surface area (Å²) in [4.78, 5) is 18.7. The van der Waals surface area contributed by atoms with Crippen molar-refractivity contribution in [3.05, 3.63) is 48.2 Å². The zero-order valence-corrected chi connectivity index (χ0v) is 22.2. The van der Waals surface area contributed by atoms with Gasteiger partial charge in [-0.3, -0.25) is 4.99 Å². The Labute approximate surface area is 214 Å². The number of likely N-dealkylation sites (N-methyl/N-ethyl adjacent to an activating group) is 1. The van der Waals surface area contributed by atoms with Crippen LogP contribution in [0.4, 0.5) is 11.5 Å². The van der Waals surface area contributed by atoms with Crippen LogP contribution in [-0.2, 0) is 6.54 Å². The molecule has 180 valence electrons. The normalized spacial score (nSPS) is 17.5. The Morgan fingerprint density at radius 1 is 0.970 bits per heavy atom. The van der Waals surface area contributed by atoms with E-state index in [0.717, 1.165) is 82.1 Å². The number of aliphatic imine (C=N–C) groups is 1. The van der Waals surface area contributed by atoms with Crippen LogP contribution in [0.5, 0.6) is 5.75 Å². The molecular formula is C24H36IN7O. The summed E-state index contributed by atoms with van der Waals surface area (Å²) in [6, 6.07) is 12.4. The molecule has 1 N–H and O–H groups in total. The van der Waals surface area contributed by atoms with Gasteiger partial charge in [0.25, 0.3) is 0 Å². The Balaban J connectivity index is 0.00000306. The van der Waals surface area contributed by atoms with Gasteiger partial charge in [0.15, 0.2) is 5.96 Å². The number of hydrogen-bond donors (Lipinski definition) is 1. The lowest BCUT2D eigenvalue weighted by Gasteiger charge is -2.38. The van der Waals surface area contributed by atoms with E-state index in [1.807, 2.05) is 31.4 Å². The molecule has 8 nitrogen and oxygen atoms in total. The number of anilines is 2. The third-order valence-corrected chi connectivity index (χ3v) is 6.32. The molecule has 2 aliphatic heterocycles. The summed E-state index contributed by atoms with van der Waals surface area (Å²) in [7, 11) is 5.77. The van der Waals surface area contributed by atoms with Gasteiger partial charge in [0.2, 0.25) is 0 Å². The number of para-hydroxylation sites is 2. The number of halogens is 1. The maximum atomic E-state index is 5.54. The highest BCUT2D eigenvalue weighted by Crippen LogP contribution is 2.28. The highest BCUT2D eigenvalue weighted by molar-refractivity contribution is 14.0. The first kappa shape index (κ1) is 25.4. The van der Waals surface area contributed by atoms with Gasteiger partial charge in [-0.1, -0.05) is 18.2 Å². The predicted molar refractivity (Wildman–Crippen MR) is 146 cm³/mol. The van der Waals surface area contributed by atoms with Gasteiger partial charge >= 0.3 is 0 Å². The van der Waals surface area contributed by atoms with Gasteiger partial charge in [-0.2, -0.15) is 0 Å². The van der Waals surface area contributed by atoms with Gasteiger partial charge in [-0.15, -0.1) is 24.0 Å². The Morgan fingerprint density at radius 2 is 1.67 bits per heavy atom. The fraction of sp³-hybridized carbons (Fsp3) is 0.500. The minimum Gasteiger partial charge on any atom is -0.495 e. The van der Waals surface area contributed by atoms with Crippen LogP contribution in [0.15, 0.2) is 47.6 Å². The van der Waals surface area contributed by atoms with Crippen LogP contribution >= 0.6 is 24.0 Å². The van der Waals surface area contributed by atoms with Gasteiger partial charge in [0, 0.05) is 77.7 Å². The highest BCUT2D eigenvalue weighted by atomic mass is 127. The molecular weight excluding hydrogens is 529 g/mol. The van der Waals surface area contributed by atoms with E-state index < -0.39 is 0 Å². The van der Waals surface area contributed by atoms with Crippen LogP contribution in [0.1, 0.15) is 5.56 Å². The molecule has 2 aliphatic rings. The Bertz CT molecular complexity index is 909. The molecule has 0 spiro atoms. The fourth-order valence-corrected chi connectivity index (χ4v) is 4.43. The van der Waals surface area contributed by atoms with E-state index in [4.69, 9.17) is 9.72 Å². The smallest absolute Gasteiger partial charge is 0.194 e. The largest absolute Gasteiger partial charge is 0.495 e. The number of pyridine rings is 1. The van der Waals surface area contributed by atoms with Crippen LogP contribution in [0, 0.1) is 0 Å². The van der Waals surface area contributed by atoms with Crippen molar-refractivity contribution in [3.8, 4) is 5.75 Å².